The van der Waals surface area contributed by atoms with E-state index in [1.54, 1.807) is 0 Å². The Bertz CT molecular complexity index is 670. The first kappa shape index (κ1) is 15.9. The van der Waals surface area contributed by atoms with Gasteiger partial charge in [-0.05, 0) is 44.5 Å². The Balaban J connectivity index is 1.79. The van der Waals surface area contributed by atoms with Crippen LogP contribution in [0, 0.1) is 0 Å². The molecule has 0 amide bonds. The fraction of sp³-hybridized carbons (Fsp3) is 0.438. The molecule has 4 nitrogen and oxygen atoms in total. The van der Waals surface area contributed by atoms with E-state index < -0.39 is 11.9 Å². The van der Waals surface area contributed by atoms with E-state index in [1.807, 2.05) is 6.07 Å². The average molecular weight is 322 g/mol. The molecule has 0 spiro atoms. The third-order valence-electron chi connectivity index (χ3n) is 4.13. The van der Waals surface area contributed by atoms with Gasteiger partial charge in [0.05, 0.1) is 11.4 Å². The summed E-state index contributed by atoms with van der Waals surface area (Å²) in [6.07, 6.45) is 0.584. The zero-order valence-corrected chi connectivity index (χ0v) is 12.7. The minimum Gasteiger partial charge on any atom is -0.295 e. The predicted octanol–water partition coefficient (Wildman–Crippen LogP) is 3.54. The van der Waals surface area contributed by atoms with Crippen LogP contribution >= 0.6 is 0 Å². The van der Waals surface area contributed by atoms with E-state index in [0.717, 1.165) is 24.8 Å². The van der Waals surface area contributed by atoms with Gasteiger partial charge < -0.3 is 0 Å². The molecule has 0 radical (unpaired) electrons. The number of aromatic nitrogens is 3. The molecule has 2 aromatic heterocycles. The van der Waals surface area contributed by atoms with Gasteiger partial charge in [0.15, 0.2) is 0 Å². The van der Waals surface area contributed by atoms with Crippen molar-refractivity contribution in [1.82, 2.24) is 19.9 Å². The molecule has 1 atom stereocenters. The molecule has 7 heteroatoms. The van der Waals surface area contributed by atoms with Gasteiger partial charge in [-0.15, -0.1) is 0 Å². The van der Waals surface area contributed by atoms with Crippen LogP contribution in [-0.4, -0.2) is 32.4 Å². The van der Waals surface area contributed by atoms with Crippen LogP contribution in [0.5, 0.6) is 0 Å². The van der Waals surface area contributed by atoms with Crippen LogP contribution in [0.2, 0.25) is 0 Å². The highest BCUT2D eigenvalue weighted by atomic mass is 19.4. The van der Waals surface area contributed by atoms with Gasteiger partial charge in [0.1, 0.15) is 12.0 Å². The Labute approximate surface area is 132 Å². The molecule has 3 rings (SSSR count). The summed E-state index contributed by atoms with van der Waals surface area (Å²) in [5.74, 6) is 0. The van der Waals surface area contributed by atoms with Crippen molar-refractivity contribution in [1.29, 1.82) is 0 Å². The first-order valence-corrected chi connectivity index (χ1v) is 7.52. The molecule has 3 heterocycles. The van der Waals surface area contributed by atoms with Crippen LogP contribution in [0.25, 0.3) is 11.3 Å². The van der Waals surface area contributed by atoms with E-state index in [2.05, 4.69) is 26.8 Å². The predicted molar refractivity (Wildman–Crippen MR) is 79.4 cm³/mol. The van der Waals surface area contributed by atoms with E-state index in [1.165, 1.54) is 31.4 Å². The number of hydrogen-bond acceptors (Lipinski definition) is 4. The topological polar surface area (TPSA) is 41.9 Å². The number of nitrogens with zero attached hydrogens (tertiary/aromatic N) is 4. The largest absolute Gasteiger partial charge is 0.433 e. The lowest BCUT2D eigenvalue weighted by molar-refractivity contribution is -0.141. The lowest BCUT2D eigenvalue weighted by atomic mass is 10.1. The van der Waals surface area contributed by atoms with Crippen LogP contribution in [0.15, 0.2) is 30.7 Å². The van der Waals surface area contributed by atoms with Crippen molar-refractivity contribution in [2.24, 2.45) is 0 Å². The minimum atomic E-state index is -4.43. The molecule has 122 valence electrons. The summed E-state index contributed by atoms with van der Waals surface area (Å²) < 4.78 is 37.7. The molecule has 0 saturated carbocycles. The van der Waals surface area contributed by atoms with Gasteiger partial charge in [0.2, 0.25) is 0 Å². The fourth-order valence-electron chi connectivity index (χ4n) is 2.79. The Morgan fingerprint density at radius 3 is 2.65 bits per heavy atom. The van der Waals surface area contributed by atoms with Crippen molar-refractivity contribution >= 4 is 0 Å². The first-order chi connectivity index (χ1) is 10.9. The molecule has 1 aliphatic heterocycles. The summed E-state index contributed by atoms with van der Waals surface area (Å²) in [5, 5.41) is 0. The molecule has 1 unspecified atom stereocenters. The summed E-state index contributed by atoms with van der Waals surface area (Å²) in [7, 11) is 0. The van der Waals surface area contributed by atoms with E-state index in [0.29, 0.717) is 17.3 Å². The number of likely N-dealkylation sites (tertiary alicyclic amines) is 1. The van der Waals surface area contributed by atoms with Gasteiger partial charge in [-0.25, -0.2) is 9.97 Å². The van der Waals surface area contributed by atoms with Gasteiger partial charge >= 0.3 is 6.18 Å². The summed E-state index contributed by atoms with van der Waals surface area (Å²) in [4.78, 5) is 14.2. The molecule has 0 aliphatic carbocycles. The Kier molecular flexibility index (Phi) is 4.30. The molecule has 0 N–H and O–H groups in total. The Hall–Kier alpha value is -2.02. The van der Waals surface area contributed by atoms with Gasteiger partial charge in [-0.2, -0.15) is 13.2 Å². The normalized spacial score (nSPS) is 19.2. The molecule has 2 aromatic rings. The zero-order chi connectivity index (χ0) is 16.4. The van der Waals surface area contributed by atoms with E-state index in [4.69, 9.17) is 0 Å². The Morgan fingerprint density at radius 2 is 2.04 bits per heavy atom. The third kappa shape index (κ3) is 3.67. The maximum absolute atomic E-state index is 12.6. The van der Waals surface area contributed by atoms with E-state index in [9.17, 15) is 13.2 Å². The molecule has 0 bridgehead atoms. The van der Waals surface area contributed by atoms with Crippen LogP contribution < -0.4 is 0 Å². The van der Waals surface area contributed by atoms with E-state index >= 15 is 0 Å². The van der Waals surface area contributed by atoms with Crippen molar-refractivity contribution in [2.45, 2.75) is 38.5 Å². The molecular formula is C16H17F3N4. The summed E-state index contributed by atoms with van der Waals surface area (Å²) in [6.45, 7) is 3.96. The van der Waals surface area contributed by atoms with Crippen molar-refractivity contribution < 1.29 is 13.2 Å². The maximum Gasteiger partial charge on any atom is 0.433 e. The quantitative estimate of drug-likeness (QED) is 0.867. The smallest absolute Gasteiger partial charge is 0.295 e. The van der Waals surface area contributed by atoms with Gasteiger partial charge in [0, 0.05) is 24.3 Å². The molecule has 0 aromatic carbocycles. The second-order valence-electron chi connectivity index (χ2n) is 5.79. The maximum atomic E-state index is 12.6. The highest BCUT2D eigenvalue weighted by Crippen LogP contribution is 2.28. The SMILES string of the molecule is CC1CCCN1Cc1cc(-c2ccc(C(F)(F)F)nc2)ncn1. The Morgan fingerprint density at radius 1 is 1.22 bits per heavy atom. The molecule has 1 aliphatic rings. The fourth-order valence-corrected chi connectivity index (χ4v) is 2.79. The van der Waals surface area contributed by atoms with Crippen LogP contribution in [0.1, 0.15) is 31.2 Å². The summed E-state index contributed by atoms with van der Waals surface area (Å²) in [6, 6.07) is 4.70. The molecular weight excluding hydrogens is 305 g/mol. The lowest BCUT2D eigenvalue weighted by Crippen LogP contribution is -2.26. The van der Waals surface area contributed by atoms with Crippen LogP contribution in [0.4, 0.5) is 13.2 Å². The lowest BCUT2D eigenvalue weighted by Gasteiger charge is -2.20. The highest BCUT2D eigenvalue weighted by Gasteiger charge is 2.32. The highest BCUT2D eigenvalue weighted by molar-refractivity contribution is 5.57. The van der Waals surface area contributed by atoms with E-state index in [-0.39, 0.29) is 0 Å². The second kappa shape index (κ2) is 6.23. The minimum absolute atomic E-state index is 0.529. The van der Waals surface area contributed by atoms with Crippen molar-refractivity contribution in [3.8, 4) is 11.3 Å². The molecule has 23 heavy (non-hydrogen) atoms. The van der Waals surface area contributed by atoms with Crippen molar-refractivity contribution in [3.63, 3.8) is 0 Å². The summed E-state index contributed by atoms with van der Waals surface area (Å²) >= 11 is 0. The monoisotopic (exact) mass is 322 g/mol. The van der Waals surface area contributed by atoms with Crippen molar-refractivity contribution in [2.75, 3.05) is 6.54 Å². The number of pyridine rings is 1. The number of alkyl halides is 3. The number of rotatable bonds is 3. The summed E-state index contributed by atoms with van der Waals surface area (Å²) in [5.41, 5.74) is 1.10. The zero-order valence-electron chi connectivity index (χ0n) is 12.7. The standard InChI is InChI=1S/C16H17F3N4/c1-11-3-2-6-23(11)9-13-7-14(22-10-21-13)12-4-5-15(20-8-12)16(17,18)19/h4-5,7-8,10-11H,2-3,6,9H2,1H3. The van der Waals surface area contributed by atoms with Crippen LogP contribution in [0.3, 0.4) is 0 Å². The van der Waals surface area contributed by atoms with Gasteiger partial charge in [0.25, 0.3) is 0 Å². The number of halogens is 3. The molecule has 1 fully saturated rings. The van der Waals surface area contributed by atoms with Gasteiger partial charge in [-0.3, -0.25) is 9.88 Å². The first-order valence-electron chi connectivity index (χ1n) is 7.52. The average Bonchev–Trinajstić information content (AvgIpc) is 2.92. The van der Waals surface area contributed by atoms with Crippen molar-refractivity contribution in [3.05, 3.63) is 42.1 Å². The third-order valence-corrected chi connectivity index (χ3v) is 4.13. The number of hydrogen-bond donors (Lipinski definition) is 0. The van der Waals surface area contributed by atoms with Crippen LogP contribution in [-0.2, 0) is 12.7 Å². The van der Waals surface area contributed by atoms with Gasteiger partial charge in [-0.1, -0.05) is 0 Å². The second-order valence-corrected chi connectivity index (χ2v) is 5.79. The molecule has 1 saturated heterocycles.